The summed E-state index contributed by atoms with van der Waals surface area (Å²) in [6.07, 6.45) is 0. The highest BCUT2D eigenvalue weighted by atomic mass is 32.2. The fraction of sp³-hybridized carbons (Fsp3) is 0.500. The number of benzene rings is 2. The molecule has 30 heavy (non-hydrogen) atoms. The number of hydrogen-bond acceptors (Lipinski definition) is 6. The zero-order valence-electron chi connectivity index (χ0n) is 17.6. The van der Waals surface area contributed by atoms with Gasteiger partial charge in [-0.1, -0.05) is 48.5 Å². The largest absolute Gasteiger partial charge is 0.380 e. The third-order valence-corrected chi connectivity index (χ3v) is 6.59. The van der Waals surface area contributed by atoms with Gasteiger partial charge in [0.2, 0.25) is 0 Å². The fourth-order valence-corrected chi connectivity index (χ4v) is 4.52. The maximum Gasteiger partial charge on any atom is 0.0718 e. The Morgan fingerprint density at radius 2 is 0.800 bits per heavy atom. The van der Waals surface area contributed by atoms with Crippen LogP contribution in [0.4, 0.5) is 0 Å². The molecule has 0 amide bonds. The van der Waals surface area contributed by atoms with Crippen molar-refractivity contribution in [2.45, 2.75) is 24.7 Å². The smallest absolute Gasteiger partial charge is 0.0718 e. The third kappa shape index (κ3) is 9.86. The van der Waals surface area contributed by atoms with E-state index in [1.165, 1.54) is 22.3 Å². The van der Waals surface area contributed by atoms with Crippen molar-refractivity contribution in [3.05, 3.63) is 70.8 Å². The Bertz CT molecular complexity index is 572. The molecule has 0 fully saturated rings. The second-order valence-corrected chi connectivity index (χ2v) is 9.28. The van der Waals surface area contributed by atoms with Crippen LogP contribution in [0.25, 0.3) is 0 Å². The zero-order valence-corrected chi connectivity index (χ0v) is 19.2. The summed E-state index contributed by atoms with van der Waals surface area (Å²) in [6, 6.07) is 17.3. The van der Waals surface area contributed by atoms with E-state index in [2.05, 4.69) is 48.5 Å². The summed E-state index contributed by atoms with van der Waals surface area (Å²) in [4.78, 5) is 0. The number of ether oxygens (including phenoxy) is 4. The maximum atomic E-state index is 5.77. The molecule has 2 aromatic rings. The molecule has 4 aliphatic rings. The maximum absolute atomic E-state index is 5.77. The summed E-state index contributed by atoms with van der Waals surface area (Å²) in [7, 11) is 0. The van der Waals surface area contributed by atoms with Crippen molar-refractivity contribution in [3.8, 4) is 0 Å². The monoisotopic (exact) mass is 448 g/mol. The molecule has 4 bridgehead atoms. The van der Waals surface area contributed by atoms with Crippen LogP contribution in [-0.4, -0.2) is 51.1 Å². The van der Waals surface area contributed by atoms with Gasteiger partial charge in [-0.25, -0.2) is 0 Å². The van der Waals surface area contributed by atoms with E-state index < -0.39 is 0 Å². The lowest BCUT2D eigenvalue weighted by atomic mass is 10.2. The molecule has 0 saturated heterocycles. The van der Waals surface area contributed by atoms with Crippen LogP contribution in [-0.2, 0) is 43.7 Å². The average molecular weight is 449 g/mol. The van der Waals surface area contributed by atoms with Crippen molar-refractivity contribution in [2.24, 2.45) is 0 Å². The van der Waals surface area contributed by atoms with E-state index in [-0.39, 0.29) is 0 Å². The standard InChI is InChI=1S/C24H32O4S2/c1-5-23-6-2-21(1)17-27-11-9-25-10-12-28-18-22-3-7-24(8-4-22)20-30-16-14-26-13-15-29-19-23/h1-8H,9-20H2. The lowest BCUT2D eigenvalue weighted by Crippen LogP contribution is -2.09. The number of hydrogen-bond donors (Lipinski definition) is 0. The molecule has 6 heteroatoms. The van der Waals surface area contributed by atoms with Crippen molar-refractivity contribution in [3.63, 3.8) is 0 Å². The predicted molar refractivity (Wildman–Crippen MR) is 126 cm³/mol. The molecule has 0 atom stereocenters. The van der Waals surface area contributed by atoms with Gasteiger partial charge in [-0.2, -0.15) is 23.5 Å². The average Bonchev–Trinajstić information content (AvgIpc) is 2.78. The minimum absolute atomic E-state index is 0.590. The highest BCUT2D eigenvalue weighted by Gasteiger charge is 2.00. The van der Waals surface area contributed by atoms with Gasteiger partial charge in [0.1, 0.15) is 0 Å². The van der Waals surface area contributed by atoms with Gasteiger partial charge in [0, 0.05) is 23.0 Å². The van der Waals surface area contributed by atoms with E-state index in [9.17, 15) is 0 Å². The SMILES string of the molecule is c1cc2ccc1COCCOCCOCc1ccc(cc1)CSCCOCCSC2. The van der Waals surface area contributed by atoms with Crippen molar-refractivity contribution in [2.75, 3.05) is 51.1 Å². The van der Waals surface area contributed by atoms with Crippen LogP contribution < -0.4 is 0 Å². The molecule has 0 N–H and O–H groups in total. The molecule has 4 aliphatic heterocycles. The molecule has 4 heterocycles. The number of rotatable bonds is 0. The second kappa shape index (κ2) is 14.9. The van der Waals surface area contributed by atoms with Crippen LogP contribution in [0, 0.1) is 0 Å². The highest BCUT2D eigenvalue weighted by molar-refractivity contribution is 7.98. The predicted octanol–water partition coefficient (Wildman–Crippen LogP) is 4.93. The topological polar surface area (TPSA) is 36.9 Å². The van der Waals surface area contributed by atoms with E-state index in [1.807, 2.05) is 23.5 Å². The minimum Gasteiger partial charge on any atom is -0.380 e. The Morgan fingerprint density at radius 3 is 1.27 bits per heavy atom. The molecule has 0 saturated carbocycles. The number of thioether (sulfide) groups is 2. The first-order valence-electron chi connectivity index (χ1n) is 10.5. The Labute approximate surface area is 189 Å². The van der Waals surface area contributed by atoms with Gasteiger partial charge in [-0.3, -0.25) is 0 Å². The molecule has 0 aliphatic carbocycles. The minimum atomic E-state index is 0.590. The van der Waals surface area contributed by atoms with Crippen LogP contribution in [0.3, 0.4) is 0 Å². The van der Waals surface area contributed by atoms with Gasteiger partial charge in [-0.05, 0) is 22.3 Å². The molecule has 2 aromatic carbocycles. The summed E-state index contributed by atoms with van der Waals surface area (Å²) in [5, 5.41) is 0. The van der Waals surface area contributed by atoms with Crippen LogP contribution >= 0.6 is 23.5 Å². The van der Waals surface area contributed by atoms with E-state index in [0.717, 1.165) is 36.2 Å². The van der Waals surface area contributed by atoms with Gasteiger partial charge in [0.25, 0.3) is 0 Å². The summed E-state index contributed by atoms with van der Waals surface area (Å²) >= 11 is 3.84. The van der Waals surface area contributed by atoms with Crippen LogP contribution in [0.1, 0.15) is 22.3 Å². The molecule has 0 unspecified atom stereocenters. The molecule has 0 aromatic heterocycles. The lowest BCUT2D eigenvalue weighted by Gasteiger charge is -2.09. The van der Waals surface area contributed by atoms with Gasteiger partial charge >= 0.3 is 0 Å². The molecule has 164 valence electrons. The fourth-order valence-electron chi connectivity index (χ4n) is 2.90. The van der Waals surface area contributed by atoms with Gasteiger partial charge in [0.15, 0.2) is 0 Å². The van der Waals surface area contributed by atoms with E-state index in [1.54, 1.807) is 0 Å². The van der Waals surface area contributed by atoms with Gasteiger partial charge < -0.3 is 18.9 Å². The summed E-state index contributed by atoms with van der Waals surface area (Å²) in [5.41, 5.74) is 5.07. The zero-order chi connectivity index (χ0) is 20.7. The van der Waals surface area contributed by atoms with Gasteiger partial charge in [0.05, 0.1) is 52.9 Å². The Balaban J connectivity index is 1.42. The van der Waals surface area contributed by atoms with E-state index >= 15 is 0 Å². The first-order chi connectivity index (χ1) is 14.9. The molecular formula is C24H32O4S2. The normalized spacial score (nSPS) is 18.9. The van der Waals surface area contributed by atoms with Crippen molar-refractivity contribution in [1.82, 2.24) is 0 Å². The summed E-state index contributed by atoms with van der Waals surface area (Å²) in [6.45, 7) is 5.24. The molecule has 4 nitrogen and oxygen atoms in total. The lowest BCUT2D eigenvalue weighted by molar-refractivity contribution is 0.00704. The van der Waals surface area contributed by atoms with Crippen LogP contribution in [0.2, 0.25) is 0 Å². The summed E-state index contributed by atoms with van der Waals surface area (Å²) < 4.78 is 22.8. The van der Waals surface area contributed by atoms with Crippen LogP contribution in [0.15, 0.2) is 48.5 Å². The Hall–Kier alpha value is -1.02. The Kier molecular flexibility index (Phi) is 11.7. The van der Waals surface area contributed by atoms with Gasteiger partial charge in [-0.15, -0.1) is 0 Å². The van der Waals surface area contributed by atoms with Crippen molar-refractivity contribution < 1.29 is 18.9 Å². The van der Waals surface area contributed by atoms with Crippen molar-refractivity contribution >= 4 is 23.5 Å². The quantitative estimate of drug-likeness (QED) is 0.569. The molecule has 0 radical (unpaired) electrons. The van der Waals surface area contributed by atoms with E-state index in [4.69, 9.17) is 18.9 Å². The molecule has 0 spiro atoms. The Morgan fingerprint density at radius 1 is 0.433 bits per heavy atom. The molecular weight excluding hydrogens is 416 g/mol. The second-order valence-electron chi connectivity index (χ2n) is 7.07. The first-order valence-corrected chi connectivity index (χ1v) is 12.8. The van der Waals surface area contributed by atoms with Crippen LogP contribution in [0.5, 0.6) is 0 Å². The third-order valence-electron chi connectivity index (χ3n) is 4.61. The highest BCUT2D eigenvalue weighted by Crippen LogP contribution is 2.15. The molecule has 6 rings (SSSR count). The first kappa shape index (κ1) is 23.6. The van der Waals surface area contributed by atoms with E-state index in [0.29, 0.717) is 39.6 Å². The van der Waals surface area contributed by atoms with Crippen molar-refractivity contribution in [1.29, 1.82) is 0 Å². The summed E-state index contributed by atoms with van der Waals surface area (Å²) in [5.74, 6) is 4.09.